The van der Waals surface area contributed by atoms with E-state index in [1.54, 1.807) is 41.3 Å². The molecule has 1 rings (SSSR count). The van der Waals surface area contributed by atoms with Crippen molar-refractivity contribution in [1.82, 2.24) is 4.90 Å². The maximum absolute atomic E-state index is 12.3. The molecule has 4 heteroatoms. The Morgan fingerprint density at radius 3 is 2.42 bits per heavy atom. The number of esters is 1. The molecule has 0 spiro atoms. The number of benzene rings is 1. The van der Waals surface area contributed by atoms with Crippen LogP contribution in [0.15, 0.2) is 49.6 Å². The summed E-state index contributed by atoms with van der Waals surface area (Å²) >= 11 is 0. The fourth-order valence-electron chi connectivity index (χ4n) is 1.59. The highest BCUT2D eigenvalue weighted by atomic mass is 16.5. The third-order valence-corrected chi connectivity index (χ3v) is 2.33. The normalized spacial score (nSPS) is 9.53. The van der Waals surface area contributed by atoms with Gasteiger partial charge in [-0.15, -0.1) is 13.2 Å². The van der Waals surface area contributed by atoms with Gasteiger partial charge < -0.3 is 9.64 Å². The molecule has 0 unspecified atom stereocenters. The van der Waals surface area contributed by atoms with Gasteiger partial charge in [0.25, 0.3) is 5.91 Å². The van der Waals surface area contributed by atoms with Crippen LogP contribution >= 0.6 is 0 Å². The lowest BCUT2D eigenvalue weighted by Crippen LogP contribution is -2.31. The van der Waals surface area contributed by atoms with Crippen LogP contribution < -0.4 is 4.74 Å². The molecular formula is C15H17NO3. The SMILES string of the molecule is C=CCN(CC=C)C(=O)c1cccc(OC(C)=O)c1. The van der Waals surface area contributed by atoms with Gasteiger partial charge in [0, 0.05) is 25.6 Å². The number of carbonyl (C=O) groups is 2. The monoisotopic (exact) mass is 259 g/mol. The number of ether oxygens (including phenoxy) is 1. The van der Waals surface area contributed by atoms with Crippen LogP contribution in [0.4, 0.5) is 0 Å². The topological polar surface area (TPSA) is 46.6 Å². The highest BCUT2D eigenvalue weighted by molar-refractivity contribution is 5.95. The lowest BCUT2D eigenvalue weighted by molar-refractivity contribution is -0.131. The zero-order chi connectivity index (χ0) is 14.3. The van der Waals surface area contributed by atoms with E-state index >= 15 is 0 Å². The average molecular weight is 259 g/mol. The fourth-order valence-corrected chi connectivity index (χ4v) is 1.59. The minimum absolute atomic E-state index is 0.159. The Labute approximate surface area is 113 Å². The van der Waals surface area contributed by atoms with Crippen LogP contribution in [0.25, 0.3) is 0 Å². The van der Waals surface area contributed by atoms with E-state index in [1.165, 1.54) is 6.92 Å². The van der Waals surface area contributed by atoms with Gasteiger partial charge in [-0.1, -0.05) is 18.2 Å². The molecule has 0 saturated heterocycles. The highest BCUT2D eigenvalue weighted by Crippen LogP contribution is 2.15. The molecular weight excluding hydrogens is 242 g/mol. The molecule has 0 saturated carbocycles. The van der Waals surface area contributed by atoms with Crippen molar-refractivity contribution in [2.24, 2.45) is 0 Å². The van der Waals surface area contributed by atoms with E-state index in [0.717, 1.165) is 0 Å². The van der Waals surface area contributed by atoms with Crippen molar-refractivity contribution in [2.45, 2.75) is 6.92 Å². The summed E-state index contributed by atoms with van der Waals surface area (Å²) in [6.45, 7) is 9.42. The van der Waals surface area contributed by atoms with Gasteiger partial charge in [-0.25, -0.2) is 0 Å². The van der Waals surface area contributed by atoms with Gasteiger partial charge in [0.2, 0.25) is 0 Å². The summed E-state index contributed by atoms with van der Waals surface area (Å²) in [6.07, 6.45) is 3.30. The molecule has 0 bridgehead atoms. The smallest absolute Gasteiger partial charge is 0.308 e. The van der Waals surface area contributed by atoms with E-state index in [9.17, 15) is 9.59 Å². The number of nitrogens with zero attached hydrogens (tertiary/aromatic N) is 1. The molecule has 0 atom stereocenters. The Kier molecular flexibility index (Phi) is 5.54. The summed E-state index contributed by atoms with van der Waals surface area (Å²) in [7, 11) is 0. The zero-order valence-electron chi connectivity index (χ0n) is 11.0. The molecule has 1 amide bonds. The quantitative estimate of drug-likeness (QED) is 0.448. The fraction of sp³-hybridized carbons (Fsp3) is 0.200. The zero-order valence-corrected chi connectivity index (χ0v) is 11.0. The molecule has 1 aromatic rings. The molecule has 1 aromatic carbocycles. The predicted molar refractivity (Wildman–Crippen MR) is 74.0 cm³/mol. The standard InChI is InChI=1S/C15H17NO3/c1-4-9-16(10-5-2)15(18)13-7-6-8-14(11-13)19-12(3)17/h4-8,11H,1-2,9-10H2,3H3. The Hall–Kier alpha value is -2.36. The maximum atomic E-state index is 12.3. The van der Waals surface area contributed by atoms with Crippen molar-refractivity contribution in [3.63, 3.8) is 0 Å². The summed E-state index contributed by atoms with van der Waals surface area (Å²) < 4.78 is 4.95. The first-order valence-corrected chi connectivity index (χ1v) is 5.88. The van der Waals surface area contributed by atoms with Crippen LogP contribution in [0.5, 0.6) is 5.75 Å². The molecule has 0 radical (unpaired) electrons. The third kappa shape index (κ3) is 4.43. The van der Waals surface area contributed by atoms with E-state index < -0.39 is 5.97 Å². The average Bonchev–Trinajstić information content (AvgIpc) is 2.37. The maximum Gasteiger partial charge on any atom is 0.308 e. The molecule has 0 N–H and O–H groups in total. The first-order chi connectivity index (χ1) is 9.08. The Morgan fingerprint density at radius 1 is 1.26 bits per heavy atom. The predicted octanol–water partition coefficient (Wildman–Crippen LogP) is 2.43. The largest absolute Gasteiger partial charge is 0.427 e. The Morgan fingerprint density at radius 2 is 1.89 bits per heavy atom. The lowest BCUT2D eigenvalue weighted by atomic mass is 10.2. The third-order valence-electron chi connectivity index (χ3n) is 2.33. The first kappa shape index (κ1) is 14.7. The van der Waals surface area contributed by atoms with E-state index in [0.29, 0.717) is 24.4 Å². The van der Waals surface area contributed by atoms with Crippen molar-refractivity contribution < 1.29 is 14.3 Å². The van der Waals surface area contributed by atoms with Gasteiger partial charge in [-0.05, 0) is 18.2 Å². The van der Waals surface area contributed by atoms with Crippen LogP contribution in [0, 0.1) is 0 Å². The van der Waals surface area contributed by atoms with Crippen LogP contribution in [0.3, 0.4) is 0 Å². The minimum atomic E-state index is -0.418. The second-order valence-electron chi connectivity index (χ2n) is 3.91. The van der Waals surface area contributed by atoms with Gasteiger partial charge in [0.1, 0.15) is 5.75 Å². The van der Waals surface area contributed by atoms with Gasteiger partial charge in [-0.2, -0.15) is 0 Å². The summed E-state index contributed by atoms with van der Waals surface area (Å²) in [5.74, 6) is -0.219. The summed E-state index contributed by atoms with van der Waals surface area (Å²) in [6, 6.07) is 6.52. The number of amides is 1. The molecule has 0 aliphatic heterocycles. The summed E-state index contributed by atoms with van der Waals surface area (Å²) in [5, 5.41) is 0. The Bertz CT molecular complexity index is 484. The van der Waals surface area contributed by atoms with Crippen LogP contribution in [-0.4, -0.2) is 29.9 Å². The molecule has 19 heavy (non-hydrogen) atoms. The van der Waals surface area contributed by atoms with Crippen LogP contribution in [0.1, 0.15) is 17.3 Å². The van der Waals surface area contributed by atoms with Crippen molar-refractivity contribution >= 4 is 11.9 Å². The van der Waals surface area contributed by atoms with Crippen molar-refractivity contribution in [3.05, 3.63) is 55.1 Å². The molecule has 0 fully saturated rings. The summed E-state index contributed by atoms with van der Waals surface area (Å²) in [4.78, 5) is 24.7. The van der Waals surface area contributed by atoms with Crippen molar-refractivity contribution in [2.75, 3.05) is 13.1 Å². The van der Waals surface area contributed by atoms with Crippen LogP contribution in [-0.2, 0) is 4.79 Å². The van der Waals surface area contributed by atoms with Crippen LogP contribution in [0.2, 0.25) is 0 Å². The van der Waals surface area contributed by atoms with E-state index in [4.69, 9.17) is 4.74 Å². The molecule has 0 heterocycles. The van der Waals surface area contributed by atoms with Crippen molar-refractivity contribution in [3.8, 4) is 5.75 Å². The Balaban J connectivity index is 2.93. The number of rotatable bonds is 6. The van der Waals surface area contributed by atoms with Gasteiger partial charge >= 0.3 is 5.97 Å². The first-order valence-electron chi connectivity index (χ1n) is 5.88. The lowest BCUT2D eigenvalue weighted by Gasteiger charge is -2.19. The molecule has 100 valence electrons. The molecule has 4 nitrogen and oxygen atoms in total. The van der Waals surface area contributed by atoms with Gasteiger partial charge in [-0.3, -0.25) is 9.59 Å². The number of carbonyl (C=O) groups excluding carboxylic acids is 2. The molecule has 0 aliphatic carbocycles. The second-order valence-corrected chi connectivity index (χ2v) is 3.91. The van der Waals surface area contributed by atoms with Crippen molar-refractivity contribution in [1.29, 1.82) is 0 Å². The molecule has 0 aliphatic rings. The minimum Gasteiger partial charge on any atom is -0.427 e. The molecule has 0 aromatic heterocycles. The summed E-state index contributed by atoms with van der Waals surface area (Å²) in [5.41, 5.74) is 0.461. The number of hydrogen-bond donors (Lipinski definition) is 0. The number of hydrogen-bond acceptors (Lipinski definition) is 3. The van der Waals surface area contributed by atoms with Gasteiger partial charge in [0.15, 0.2) is 0 Å². The second kappa shape index (κ2) is 7.16. The van der Waals surface area contributed by atoms with E-state index in [1.807, 2.05) is 0 Å². The van der Waals surface area contributed by atoms with E-state index in [-0.39, 0.29) is 5.91 Å². The van der Waals surface area contributed by atoms with Gasteiger partial charge in [0.05, 0.1) is 0 Å². The van der Waals surface area contributed by atoms with E-state index in [2.05, 4.69) is 13.2 Å². The highest BCUT2D eigenvalue weighted by Gasteiger charge is 2.14.